The molecule has 1 aromatic rings. The summed E-state index contributed by atoms with van der Waals surface area (Å²) in [5.74, 6) is 0.0424. The Kier molecular flexibility index (Phi) is 4.20. The molecule has 0 spiro atoms. The molecule has 118 valence electrons. The molecule has 5 nitrogen and oxygen atoms in total. The van der Waals surface area contributed by atoms with E-state index in [2.05, 4.69) is 10.6 Å². The summed E-state index contributed by atoms with van der Waals surface area (Å²) < 4.78 is 0. The Morgan fingerprint density at radius 3 is 2.64 bits per heavy atom. The SMILES string of the molecule is CC1=C(C(=O)N2CCCCC2)C(c2cc(C)cs2)NC(=O)N1. The van der Waals surface area contributed by atoms with Crippen LogP contribution >= 0.6 is 11.3 Å². The molecule has 1 unspecified atom stereocenters. The first kappa shape index (κ1) is 15.1. The van der Waals surface area contributed by atoms with E-state index < -0.39 is 0 Å². The van der Waals surface area contributed by atoms with E-state index in [4.69, 9.17) is 0 Å². The van der Waals surface area contributed by atoms with Crippen LogP contribution in [0.2, 0.25) is 0 Å². The maximum absolute atomic E-state index is 12.9. The van der Waals surface area contributed by atoms with Crippen molar-refractivity contribution in [3.8, 4) is 0 Å². The van der Waals surface area contributed by atoms with Crippen LogP contribution in [0.3, 0.4) is 0 Å². The number of nitrogens with one attached hydrogen (secondary N) is 2. The van der Waals surface area contributed by atoms with Gasteiger partial charge in [0.15, 0.2) is 0 Å². The van der Waals surface area contributed by atoms with Gasteiger partial charge in [-0.1, -0.05) is 0 Å². The van der Waals surface area contributed by atoms with Gasteiger partial charge < -0.3 is 15.5 Å². The molecule has 2 aliphatic rings. The van der Waals surface area contributed by atoms with Gasteiger partial charge in [-0.15, -0.1) is 11.3 Å². The van der Waals surface area contributed by atoms with E-state index in [-0.39, 0.29) is 18.0 Å². The number of carbonyl (C=O) groups is 2. The maximum atomic E-state index is 12.9. The van der Waals surface area contributed by atoms with Gasteiger partial charge in [-0.3, -0.25) is 4.79 Å². The summed E-state index contributed by atoms with van der Waals surface area (Å²) >= 11 is 1.58. The lowest BCUT2D eigenvalue weighted by Gasteiger charge is -2.33. The summed E-state index contributed by atoms with van der Waals surface area (Å²) in [6, 6.07) is 1.45. The molecular formula is C16H21N3O2S. The molecule has 0 aromatic carbocycles. The third kappa shape index (κ3) is 2.88. The normalized spacial score (nSPS) is 22.4. The van der Waals surface area contributed by atoms with Gasteiger partial charge in [0.2, 0.25) is 0 Å². The average molecular weight is 319 g/mol. The Hall–Kier alpha value is -1.82. The topological polar surface area (TPSA) is 61.4 Å². The third-order valence-electron chi connectivity index (χ3n) is 4.18. The van der Waals surface area contributed by atoms with Gasteiger partial charge in [-0.05, 0) is 50.1 Å². The van der Waals surface area contributed by atoms with Crippen molar-refractivity contribution in [1.29, 1.82) is 0 Å². The highest BCUT2D eigenvalue weighted by Gasteiger charge is 2.34. The van der Waals surface area contributed by atoms with Crippen LogP contribution in [0.1, 0.15) is 42.7 Å². The molecule has 3 heterocycles. The molecule has 3 rings (SSSR count). The molecule has 6 heteroatoms. The van der Waals surface area contributed by atoms with E-state index >= 15 is 0 Å². The maximum Gasteiger partial charge on any atom is 0.319 e. The molecule has 0 bridgehead atoms. The number of piperidine rings is 1. The molecule has 1 aromatic heterocycles. The molecule has 1 saturated heterocycles. The summed E-state index contributed by atoms with van der Waals surface area (Å²) in [5.41, 5.74) is 2.48. The zero-order valence-corrected chi connectivity index (χ0v) is 13.8. The van der Waals surface area contributed by atoms with Crippen molar-refractivity contribution in [2.45, 2.75) is 39.2 Å². The predicted octanol–water partition coefficient (Wildman–Crippen LogP) is 2.70. The van der Waals surface area contributed by atoms with Gasteiger partial charge >= 0.3 is 6.03 Å². The molecule has 1 fully saturated rings. The van der Waals surface area contributed by atoms with E-state index in [9.17, 15) is 9.59 Å². The van der Waals surface area contributed by atoms with Crippen molar-refractivity contribution < 1.29 is 9.59 Å². The van der Waals surface area contributed by atoms with Crippen molar-refractivity contribution in [1.82, 2.24) is 15.5 Å². The second-order valence-corrected chi connectivity index (χ2v) is 6.89. The first-order valence-corrected chi connectivity index (χ1v) is 8.57. The highest BCUT2D eigenvalue weighted by atomic mass is 32.1. The van der Waals surface area contributed by atoms with Crippen molar-refractivity contribution >= 4 is 23.3 Å². The minimum atomic E-state index is -0.345. The van der Waals surface area contributed by atoms with Crippen LogP contribution in [0, 0.1) is 6.92 Å². The Bertz CT molecular complexity index is 629. The van der Waals surface area contributed by atoms with Crippen molar-refractivity contribution in [3.05, 3.63) is 33.2 Å². The van der Waals surface area contributed by atoms with Crippen molar-refractivity contribution in [2.24, 2.45) is 0 Å². The number of hydrogen-bond donors (Lipinski definition) is 2. The molecule has 0 saturated carbocycles. The number of urea groups is 1. The fraction of sp³-hybridized carbons (Fsp3) is 0.500. The number of hydrogen-bond acceptors (Lipinski definition) is 3. The quantitative estimate of drug-likeness (QED) is 0.880. The van der Waals surface area contributed by atoms with Gasteiger partial charge in [0, 0.05) is 23.7 Å². The number of amides is 3. The van der Waals surface area contributed by atoms with Crippen molar-refractivity contribution in [2.75, 3.05) is 13.1 Å². The van der Waals surface area contributed by atoms with E-state index in [1.165, 1.54) is 6.42 Å². The molecule has 2 N–H and O–H groups in total. The third-order valence-corrected chi connectivity index (χ3v) is 5.29. The lowest BCUT2D eigenvalue weighted by Crippen LogP contribution is -2.48. The number of rotatable bonds is 2. The fourth-order valence-corrected chi connectivity index (χ4v) is 4.02. The lowest BCUT2D eigenvalue weighted by atomic mass is 9.98. The second-order valence-electron chi connectivity index (χ2n) is 5.95. The summed E-state index contributed by atoms with van der Waals surface area (Å²) in [6.07, 6.45) is 3.30. The smallest absolute Gasteiger partial charge is 0.319 e. The second kappa shape index (κ2) is 6.12. The molecule has 2 aliphatic heterocycles. The number of allylic oxidation sites excluding steroid dienone is 1. The average Bonchev–Trinajstić information content (AvgIpc) is 2.93. The van der Waals surface area contributed by atoms with Crippen LogP contribution in [0.4, 0.5) is 4.79 Å². The van der Waals surface area contributed by atoms with Crippen LogP contribution in [-0.4, -0.2) is 29.9 Å². The zero-order chi connectivity index (χ0) is 15.7. The number of thiophene rings is 1. The highest BCUT2D eigenvalue weighted by molar-refractivity contribution is 7.10. The van der Waals surface area contributed by atoms with E-state index in [0.29, 0.717) is 11.3 Å². The molecule has 1 atom stereocenters. The molecule has 3 amide bonds. The van der Waals surface area contributed by atoms with Gasteiger partial charge in [0.25, 0.3) is 5.91 Å². The highest BCUT2D eigenvalue weighted by Crippen LogP contribution is 2.32. The van der Waals surface area contributed by atoms with Gasteiger partial charge in [0.05, 0.1) is 11.6 Å². The van der Waals surface area contributed by atoms with Crippen molar-refractivity contribution in [3.63, 3.8) is 0 Å². The first-order valence-electron chi connectivity index (χ1n) is 7.69. The van der Waals surface area contributed by atoms with E-state index in [0.717, 1.165) is 36.4 Å². The summed E-state index contributed by atoms with van der Waals surface area (Å²) in [7, 11) is 0. The standard InChI is InChI=1S/C16H21N3O2S/c1-10-8-12(22-9-10)14-13(11(2)17-16(21)18-14)15(20)19-6-4-3-5-7-19/h8-9,14H,3-7H2,1-2H3,(H2,17,18,21). The minimum Gasteiger partial charge on any atom is -0.339 e. The van der Waals surface area contributed by atoms with Gasteiger partial charge in [0.1, 0.15) is 0 Å². The Balaban J connectivity index is 1.94. The Morgan fingerprint density at radius 2 is 2.00 bits per heavy atom. The van der Waals surface area contributed by atoms with Gasteiger partial charge in [-0.25, -0.2) is 4.79 Å². The molecule has 22 heavy (non-hydrogen) atoms. The number of nitrogens with zero attached hydrogens (tertiary/aromatic N) is 1. The van der Waals surface area contributed by atoms with Crippen LogP contribution in [0.15, 0.2) is 22.7 Å². The van der Waals surface area contributed by atoms with Crippen LogP contribution in [0.5, 0.6) is 0 Å². The zero-order valence-electron chi connectivity index (χ0n) is 12.9. The van der Waals surface area contributed by atoms with Gasteiger partial charge in [-0.2, -0.15) is 0 Å². The van der Waals surface area contributed by atoms with Crippen LogP contribution in [0.25, 0.3) is 0 Å². The number of likely N-dealkylation sites (tertiary alicyclic amines) is 1. The monoisotopic (exact) mass is 319 g/mol. The Morgan fingerprint density at radius 1 is 1.27 bits per heavy atom. The van der Waals surface area contributed by atoms with E-state index in [1.807, 2.05) is 30.2 Å². The molecule has 0 radical (unpaired) electrons. The molecular weight excluding hydrogens is 298 g/mol. The summed E-state index contributed by atoms with van der Waals surface area (Å²) in [4.78, 5) is 27.7. The summed E-state index contributed by atoms with van der Waals surface area (Å²) in [6.45, 7) is 5.44. The largest absolute Gasteiger partial charge is 0.339 e. The lowest BCUT2D eigenvalue weighted by molar-refractivity contribution is -0.128. The Labute approximate surface area is 134 Å². The van der Waals surface area contributed by atoms with Crippen LogP contribution < -0.4 is 10.6 Å². The predicted molar refractivity (Wildman–Crippen MR) is 86.6 cm³/mol. The minimum absolute atomic E-state index is 0.0424. The number of carbonyl (C=O) groups excluding carboxylic acids is 2. The summed E-state index contributed by atoms with van der Waals surface area (Å²) in [5, 5.41) is 7.69. The fourth-order valence-electron chi connectivity index (χ4n) is 3.06. The first-order chi connectivity index (χ1) is 10.6. The van der Waals surface area contributed by atoms with E-state index in [1.54, 1.807) is 11.3 Å². The molecule has 0 aliphatic carbocycles. The van der Waals surface area contributed by atoms with Crippen LogP contribution in [-0.2, 0) is 4.79 Å². The number of aryl methyl sites for hydroxylation is 1.